The van der Waals surface area contributed by atoms with Crippen molar-refractivity contribution in [3.8, 4) is 5.75 Å². The highest BCUT2D eigenvalue weighted by atomic mass is 79.9. The molecule has 1 amide bonds. The summed E-state index contributed by atoms with van der Waals surface area (Å²) in [5, 5.41) is 3.96. The van der Waals surface area contributed by atoms with Gasteiger partial charge in [-0.15, -0.1) is 0 Å². The van der Waals surface area contributed by atoms with Crippen LogP contribution in [0.3, 0.4) is 0 Å². The third-order valence-corrected chi connectivity index (χ3v) is 5.92. The smallest absolute Gasteiger partial charge is 0.277 e. The fraction of sp³-hybridized carbons (Fsp3) is 0.263. The molecule has 0 aliphatic rings. The van der Waals surface area contributed by atoms with E-state index in [1.165, 1.54) is 0 Å². The molecule has 0 aromatic heterocycles. The van der Waals surface area contributed by atoms with Crippen LogP contribution in [0.2, 0.25) is 0 Å². The Morgan fingerprint density at radius 3 is 2.65 bits per heavy atom. The summed E-state index contributed by atoms with van der Waals surface area (Å²) in [4.78, 5) is 12.0. The van der Waals surface area contributed by atoms with Gasteiger partial charge in [0.1, 0.15) is 5.75 Å². The van der Waals surface area contributed by atoms with Crippen molar-refractivity contribution >= 4 is 59.9 Å². The maximum absolute atomic E-state index is 12.0. The molecule has 0 radical (unpaired) electrons. The summed E-state index contributed by atoms with van der Waals surface area (Å²) in [6, 6.07) is 9.66. The van der Waals surface area contributed by atoms with Crippen molar-refractivity contribution in [2.24, 2.45) is 5.10 Å². The Morgan fingerprint density at radius 2 is 2.00 bits per heavy atom. The highest BCUT2D eigenvalue weighted by Gasteiger charge is 2.17. The molecule has 0 saturated carbocycles. The van der Waals surface area contributed by atoms with Crippen LogP contribution in [0, 0.1) is 6.92 Å². The molecule has 0 saturated heterocycles. The summed E-state index contributed by atoms with van der Waals surface area (Å²) >= 11 is 10.5. The van der Waals surface area contributed by atoms with E-state index < -0.39 is 0 Å². The van der Waals surface area contributed by atoms with Gasteiger partial charge in [-0.3, -0.25) is 4.79 Å². The minimum atomic E-state index is -0.321. The van der Waals surface area contributed by atoms with Gasteiger partial charge in [-0.05, 0) is 63.7 Å². The van der Waals surface area contributed by atoms with Crippen LogP contribution < -0.4 is 10.2 Å². The first-order valence-electron chi connectivity index (χ1n) is 7.98. The van der Waals surface area contributed by atoms with E-state index >= 15 is 0 Å². The molecule has 0 fully saturated rings. The number of amides is 1. The SMILES string of the molecule is Cc1c(Br)cc(C(C)C)c(OCC(=O)N/N=C/c2cccc(Br)c2)c1Br. The molecule has 0 aliphatic heterocycles. The van der Waals surface area contributed by atoms with Gasteiger partial charge in [-0.2, -0.15) is 5.10 Å². The number of ether oxygens (including phenoxy) is 1. The van der Waals surface area contributed by atoms with Crippen LogP contribution >= 0.6 is 47.8 Å². The zero-order valence-electron chi connectivity index (χ0n) is 14.6. The zero-order valence-corrected chi connectivity index (χ0v) is 19.4. The van der Waals surface area contributed by atoms with Gasteiger partial charge >= 0.3 is 0 Å². The summed E-state index contributed by atoms with van der Waals surface area (Å²) in [7, 11) is 0. The fourth-order valence-corrected chi connectivity index (χ4v) is 3.91. The molecule has 0 spiro atoms. The predicted molar refractivity (Wildman–Crippen MR) is 116 cm³/mol. The van der Waals surface area contributed by atoms with E-state index in [9.17, 15) is 4.79 Å². The molecule has 0 heterocycles. The lowest BCUT2D eigenvalue weighted by Crippen LogP contribution is -2.25. The Kier molecular flexibility index (Phi) is 7.85. The van der Waals surface area contributed by atoms with Gasteiger partial charge in [0, 0.05) is 8.95 Å². The molecule has 26 heavy (non-hydrogen) atoms. The van der Waals surface area contributed by atoms with Crippen molar-refractivity contribution in [1.82, 2.24) is 5.43 Å². The number of carbonyl (C=O) groups excluding carboxylic acids is 1. The molecule has 2 rings (SSSR count). The molecule has 4 nitrogen and oxygen atoms in total. The van der Waals surface area contributed by atoms with Crippen molar-refractivity contribution in [2.45, 2.75) is 26.7 Å². The summed E-state index contributed by atoms with van der Waals surface area (Å²) in [5.74, 6) is 0.626. The van der Waals surface area contributed by atoms with Crippen molar-refractivity contribution in [2.75, 3.05) is 6.61 Å². The van der Waals surface area contributed by atoms with Gasteiger partial charge in [0.05, 0.1) is 10.7 Å². The third kappa shape index (κ3) is 5.66. The Balaban J connectivity index is 2.02. The maximum Gasteiger partial charge on any atom is 0.277 e. The van der Waals surface area contributed by atoms with Gasteiger partial charge in [0.2, 0.25) is 0 Å². The first kappa shape index (κ1) is 21.1. The van der Waals surface area contributed by atoms with E-state index in [0.717, 1.165) is 30.1 Å². The first-order valence-corrected chi connectivity index (χ1v) is 10.4. The third-order valence-electron chi connectivity index (χ3n) is 3.65. The number of halogens is 3. The number of nitrogens with one attached hydrogen (secondary N) is 1. The summed E-state index contributed by atoms with van der Waals surface area (Å²) in [6.45, 7) is 6.03. The second-order valence-electron chi connectivity index (χ2n) is 6.01. The second-order valence-corrected chi connectivity index (χ2v) is 8.57. The standard InChI is InChI=1S/C19H19Br3N2O2/c1-11(2)15-8-16(21)12(3)18(22)19(15)26-10-17(25)24-23-9-13-5-4-6-14(20)7-13/h4-9,11H,10H2,1-3H3,(H,24,25)/b23-9+. The maximum atomic E-state index is 12.0. The lowest BCUT2D eigenvalue weighted by Gasteiger charge is -2.18. The number of rotatable bonds is 6. The molecule has 2 aromatic carbocycles. The van der Waals surface area contributed by atoms with Crippen LogP contribution in [0.25, 0.3) is 0 Å². The molecule has 2 aromatic rings. The molecule has 0 aliphatic carbocycles. The zero-order chi connectivity index (χ0) is 19.3. The number of hydrazone groups is 1. The lowest BCUT2D eigenvalue weighted by atomic mass is 10.0. The number of hydrogen-bond donors (Lipinski definition) is 1. The van der Waals surface area contributed by atoms with Crippen LogP contribution in [-0.4, -0.2) is 18.7 Å². The average Bonchev–Trinajstić information content (AvgIpc) is 2.58. The minimum absolute atomic E-state index is 0.116. The number of nitrogens with zero attached hydrogens (tertiary/aromatic N) is 1. The molecule has 138 valence electrons. The lowest BCUT2D eigenvalue weighted by molar-refractivity contribution is -0.123. The quantitative estimate of drug-likeness (QED) is 0.360. The van der Waals surface area contributed by atoms with E-state index in [-0.39, 0.29) is 18.4 Å². The summed E-state index contributed by atoms with van der Waals surface area (Å²) < 4.78 is 8.59. The second kappa shape index (κ2) is 9.67. The molecular weight excluding hydrogens is 528 g/mol. The Bertz CT molecular complexity index is 836. The van der Waals surface area contributed by atoms with Crippen molar-refractivity contribution in [3.05, 3.63) is 60.4 Å². The van der Waals surface area contributed by atoms with E-state index in [2.05, 4.69) is 72.2 Å². The van der Waals surface area contributed by atoms with Crippen molar-refractivity contribution < 1.29 is 9.53 Å². The van der Waals surface area contributed by atoms with Crippen LogP contribution in [-0.2, 0) is 4.79 Å². The van der Waals surface area contributed by atoms with Gasteiger partial charge < -0.3 is 4.74 Å². The predicted octanol–water partition coefficient (Wildman–Crippen LogP) is 5.94. The van der Waals surface area contributed by atoms with Crippen LogP contribution in [0.5, 0.6) is 5.75 Å². The summed E-state index contributed by atoms with van der Waals surface area (Å²) in [6.07, 6.45) is 1.59. The largest absolute Gasteiger partial charge is 0.482 e. The normalized spacial score (nSPS) is 11.2. The van der Waals surface area contributed by atoms with Crippen molar-refractivity contribution in [3.63, 3.8) is 0 Å². The van der Waals surface area contributed by atoms with Crippen LogP contribution in [0.15, 0.2) is 48.9 Å². The molecule has 0 unspecified atom stereocenters. The molecule has 0 bridgehead atoms. The van der Waals surface area contributed by atoms with Crippen molar-refractivity contribution in [1.29, 1.82) is 0 Å². The first-order chi connectivity index (χ1) is 12.3. The Hall–Kier alpha value is -1.18. The van der Waals surface area contributed by atoms with E-state index in [1.54, 1.807) is 6.21 Å². The van der Waals surface area contributed by atoms with Gasteiger partial charge in [0.15, 0.2) is 6.61 Å². The number of carbonyl (C=O) groups is 1. The van der Waals surface area contributed by atoms with E-state index in [0.29, 0.717) is 5.75 Å². The Morgan fingerprint density at radius 1 is 1.27 bits per heavy atom. The molecular formula is C19H19Br3N2O2. The molecule has 1 N–H and O–H groups in total. The highest BCUT2D eigenvalue weighted by molar-refractivity contribution is 9.11. The number of benzene rings is 2. The van der Waals surface area contributed by atoms with Crippen LogP contribution in [0.1, 0.15) is 36.5 Å². The van der Waals surface area contributed by atoms with Crippen LogP contribution in [0.4, 0.5) is 0 Å². The van der Waals surface area contributed by atoms with E-state index in [4.69, 9.17) is 4.74 Å². The summed E-state index contributed by atoms with van der Waals surface area (Å²) in [5.41, 5.74) is 5.42. The average molecular weight is 547 g/mol. The topological polar surface area (TPSA) is 50.7 Å². The monoisotopic (exact) mass is 544 g/mol. The van der Waals surface area contributed by atoms with E-state index in [1.807, 2.05) is 37.3 Å². The molecule has 7 heteroatoms. The Labute approximate surface area is 178 Å². The van der Waals surface area contributed by atoms with Gasteiger partial charge in [-0.25, -0.2) is 5.43 Å². The van der Waals surface area contributed by atoms with Gasteiger partial charge in [-0.1, -0.05) is 57.8 Å². The number of hydrogen-bond acceptors (Lipinski definition) is 3. The minimum Gasteiger partial charge on any atom is -0.482 e. The fourth-order valence-electron chi connectivity index (χ4n) is 2.22. The molecule has 0 atom stereocenters. The highest BCUT2D eigenvalue weighted by Crippen LogP contribution is 2.40. The van der Waals surface area contributed by atoms with Gasteiger partial charge in [0.25, 0.3) is 5.91 Å².